The second-order valence-corrected chi connectivity index (χ2v) is 5.02. The van der Waals surface area contributed by atoms with Crippen LogP contribution in [0, 0.1) is 0 Å². The van der Waals surface area contributed by atoms with Crippen LogP contribution in [0.1, 0.15) is 78.6 Å². The van der Waals surface area contributed by atoms with Gasteiger partial charge in [-0.1, -0.05) is 58.3 Å². The zero-order chi connectivity index (χ0) is 15.6. The monoisotopic (exact) mass is 313 g/mol. The average molecular weight is 313 g/mol. The minimum Gasteiger partial charge on any atom is -0.466 e. The van der Waals surface area contributed by atoms with E-state index in [1.165, 1.54) is 51.9 Å². The predicted molar refractivity (Wildman–Crippen MR) is 82.6 cm³/mol. The van der Waals surface area contributed by atoms with Crippen molar-refractivity contribution in [2.45, 2.75) is 84.7 Å². The van der Waals surface area contributed by atoms with Gasteiger partial charge in [0.05, 0.1) is 19.3 Å². The van der Waals surface area contributed by atoms with E-state index in [1.54, 1.807) is 6.92 Å². The molecule has 0 aliphatic carbocycles. The predicted octanol–water partition coefficient (Wildman–Crippen LogP) is 0.444. The molecule has 0 aromatic carbocycles. The van der Waals surface area contributed by atoms with Gasteiger partial charge in [-0.3, -0.25) is 4.79 Å². The summed E-state index contributed by atoms with van der Waals surface area (Å²) in [5.74, 6) is -0.211. The van der Waals surface area contributed by atoms with E-state index in [0.717, 1.165) is 12.8 Å². The molecule has 1 unspecified atom stereocenters. The molecular weight excluding hydrogens is 279 g/mol. The van der Waals surface area contributed by atoms with Crippen molar-refractivity contribution in [3.8, 4) is 0 Å². The van der Waals surface area contributed by atoms with E-state index in [2.05, 4.69) is 11.7 Å². The summed E-state index contributed by atoms with van der Waals surface area (Å²) in [6, 6.07) is 0. The quantitative estimate of drug-likeness (QED) is 0.330. The van der Waals surface area contributed by atoms with Crippen LogP contribution in [0.4, 0.5) is 0 Å². The Bertz CT molecular complexity index is 201. The molecule has 0 heterocycles. The van der Waals surface area contributed by atoms with Crippen LogP contribution < -0.4 is 29.6 Å². The van der Waals surface area contributed by atoms with Crippen LogP contribution in [-0.4, -0.2) is 35.5 Å². The van der Waals surface area contributed by atoms with Crippen molar-refractivity contribution < 1.29 is 49.3 Å². The van der Waals surface area contributed by atoms with Crippen molar-refractivity contribution in [3.63, 3.8) is 0 Å². The molecule has 2 N–H and O–H groups in total. The standard InChI is InChI=1S/C12H26O2.C4H8O2.Na/c1-2-3-4-5-6-7-8-9-10-12(14)11-13;1-3-6-4(2)5;/h12-14H,2-11H2,1H3;3H2,1-2H3;/q;;+1. The Morgan fingerprint density at radius 3 is 1.81 bits per heavy atom. The summed E-state index contributed by atoms with van der Waals surface area (Å²) in [7, 11) is 0. The molecule has 0 bridgehead atoms. The van der Waals surface area contributed by atoms with E-state index in [1.807, 2.05) is 0 Å². The summed E-state index contributed by atoms with van der Waals surface area (Å²) >= 11 is 0. The Balaban J connectivity index is -0.000000394. The second-order valence-electron chi connectivity index (χ2n) is 5.02. The number of carbonyl (C=O) groups excluding carboxylic acids is 1. The molecule has 0 radical (unpaired) electrons. The van der Waals surface area contributed by atoms with Gasteiger partial charge < -0.3 is 14.9 Å². The molecular formula is C16H34NaO4+. The molecule has 0 aromatic rings. The zero-order valence-corrected chi connectivity index (χ0v) is 16.6. The number of esters is 1. The van der Waals surface area contributed by atoms with Gasteiger partial charge in [-0.15, -0.1) is 0 Å². The van der Waals surface area contributed by atoms with Gasteiger partial charge in [0.25, 0.3) is 0 Å². The first-order chi connectivity index (χ1) is 9.58. The molecule has 0 saturated heterocycles. The SMILES string of the molecule is CCCCCCCCCCC(O)CO.CCOC(C)=O.[Na+]. The van der Waals surface area contributed by atoms with Crippen LogP contribution in [-0.2, 0) is 9.53 Å². The molecule has 0 rings (SSSR count). The smallest absolute Gasteiger partial charge is 0.466 e. The Morgan fingerprint density at radius 2 is 1.48 bits per heavy atom. The number of unbranched alkanes of at least 4 members (excludes halogenated alkanes) is 7. The van der Waals surface area contributed by atoms with Crippen LogP contribution in [0.3, 0.4) is 0 Å². The van der Waals surface area contributed by atoms with Crippen molar-refractivity contribution in [1.82, 2.24) is 0 Å². The van der Waals surface area contributed by atoms with Gasteiger partial charge in [0.15, 0.2) is 0 Å². The van der Waals surface area contributed by atoms with Crippen molar-refractivity contribution in [2.24, 2.45) is 0 Å². The Kier molecular flexibility index (Phi) is 28.4. The van der Waals surface area contributed by atoms with E-state index >= 15 is 0 Å². The minimum absolute atomic E-state index is 0. The summed E-state index contributed by atoms with van der Waals surface area (Å²) in [4.78, 5) is 9.82. The fourth-order valence-electron chi connectivity index (χ4n) is 1.81. The number of aliphatic hydroxyl groups excluding tert-OH is 2. The Labute approximate surface area is 152 Å². The summed E-state index contributed by atoms with van der Waals surface area (Å²) in [6.45, 7) is 5.80. The van der Waals surface area contributed by atoms with Crippen LogP contribution in [0.5, 0.6) is 0 Å². The maximum absolute atomic E-state index is 9.82. The van der Waals surface area contributed by atoms with Crippen molar-refractivity contribution in [2.75, 3.05) is 13.2 Å². The normalized spacial score (nSPS) is 10.9. The number of hydrogen-bond acceptors (Lipinski definition) is 4. The van der Waals surface area contributed by atoms with Crippen molar-refractivity contribution >= 4 is 5.97 Å². The Morgan fingerprint density at radius 1 is 1.00 bits per heavy atom. The number of carbonyl (C=O) groups is 1. The third-order valence-electron chi connectivity index (χ3n) is 2.95. The van der Waals surface area contributed by atoms with Crippen molar-refractivity contribution in [3.05, 3.63) is 0 Å². The molecule has 0 saturated carbocycles. The average Bonchev–Trinajstić information content (AvgIpc) is 2.42. The topological polar surface area (TPSA) is 66.8 Å². The van der Waals surface area contributed by atoms with Gasteiger partial charge in [0.2, 0.25) is 0 Å². The van der Waals surface area contributed by atoms with E-state index in [9.17, 15) is 4.79 Å². The van der Waals surface area contributed by atoms with Gasteiger partial charge in [0.1, 0.15) is 0 Å². The summed E-state index contributed by atoms with van der Waals surface area (Å²) < 4.78 is 4.40. The largest absolute Gasteiger partial charge is 1.00 e. The van der Waals surface area contributed by atoms with E-state index < -0.39 is 6.10 Å². The van der Waals surface area contributed by atoms with Gasteiger partial charge in [-0.2, -0.15) is 0 Å². The first-order valence-corrected chi connectivity index (χ1v) is 8.00. The van der Waals surface area contributed by atoms with E-state index in [4.69, 9.17) is 10.2 Å². The first-order valence-electron chi connectivity index (χ1n) is 8.00. The Hall–Kier alpha value is 0.390. The van der Waals surface area contributed by atoms with Gasteiger partial charge >= 0.3 is 35.5 Å². The zero-order valence-electron chi connectivity index (χ0n) is 14.6. The molecule has 0 aromatic heterocycles. The van der Waals surface area contributed by atoms with Gasteiger partial charge in [-0.05, 0) is 13.3 Å². The molecule has 0 aliphatic rings. The number of aliphatic hydroxyl groups is 2. The number of rotatable bonds is 11. The molecule has 5 heteroatoms. The van der Waals surface area contributed by atoms with Gasteiger partial charge in [-0.25, -0.2) is 0 Å². The van der Waals surface area contributed by atoms with Crippen LogP contribution in [0.2, 0.25) is 0 Å². The molecule has 21 heavy (non-hydrogen) atoms. The molecule has 0 amide bonds. The van der Waals surface area contributed by atoms with Crippen LogP contribution in [0.15, 0.2) is 0 Å². The number of ether oxygens (including phenoxy) is 1. The maximum atomic E-state index is 9.82. The fourth-order valence-corrected chi connectivity index (χ4v) is 1.81. The fraction of sp³-hybridized carbons (Fsp3) is 0.938. The van der Waals surface area contributed by atoms with Crippen LogP contribution in [0.25, 0.3) is 0 Å². The third kappa shape index (κ3) is 29.1. The van der Waals surface area contributed by atoms with Gasteiger partial charge in [0, 0.05) is 6.92 Å². The summed E-state index contributed by atoms with van der Waals surface area (Å²) in [6.07, 6.45) is 10.5. The maximum Gasteiger partial charge on any atom is 1.00 e. The number of hydrogen-bond donors (Lipinski definition) is 2. The minimum atomic E-state index is -0.491. The van der Waals surface area contributed by atoms with Crippen LogP contribution >= 0.6 is 0 Å². The molecule has 0 aliphatic heterocycles. The first kappa shape index (κ1) is 26.3. The molecule has 1 atom stereocenters. The van der Waals surface area contributed by atoms with E-state index in [0.29, 0.717) is 6.61 Å². The second kappa shape index (κ2) is 22.7. The molecule has 0 fully saturated rings. The summed E-state index contributed by atoms with van der Waals surface area (Å²) in [5.41, 5.74) is 0. The molecule has 4 nitrogen and oxygen atoms in total. The third-order valence-corrected chi connectivity index (χ3v) is 2.95. The van der Waals surface area contributed by atoms with E-state index in [-0.39, 0.29) is 42.1 Å². The van der Waals surface area contributed by atoms with Crippen molar-refractivity contribution in [1.29, 1.82) is 0 Å². The summed E-state index contributed by atoms with van der Waals surface area (Å²) in [5, 5.41) is 17.7. The molecule has 122 valence electrons. The molecule has 0 spiro atoms.